The standard InChI is InChI=1S/C21H23NO6/c1-26-20(24)12-19(23)18(15-27-13-16-8-4-2-5-9-16)22-21(25)28-14-17-10-6-3-7-11-17/h2-11,18H,12-15H2,1H3,(H,22,25)/t18-/m0/s1. The highest BCUT2D eigenvalue weighted by Gasteiger charge is 2.24. The summed E-state index contributed by atoms with van der Waals surface area (Å²) in [7, 11) is 1.19. The summed E-state index contributed by atoms with van der Waals surface area (Å²) in [5.41, 5.74) is 1.74. The molecule has 0 aliphatic carbocycles. The van der Waals surface area contributed by atoms with Crippen LogP contribution in [0.3, 0.4) is 0 Å². The van der Waals surface area contributed by atoms with Crippen molar-refractivity contribution in [2.75, 3.05) is 13.7 Å². The first-order valence-corrected chi connectivity index (χ1v) is 8.77. The molecule has 0 aliphatic rings. The fraction of sp³-hybridized carbons (Fsp3) is 0.286. The number of carbonyl (C=O) groups is 3. The third kappa shape index (κ3) is 7.59. The van der Waals surface area contributed by atoms with Crippen molar-refractivity contribution in [1.82, 2.24) is 5.32 Å². The van der Waals surface area contributed by atoms with Gasteiger partial charge in [0.25, 0.3) is 0 Å². The van der Waals surface area contributed by atoms with E-state index in [1.54, 1.807) is 0 Å². The lowest BCUT2D eigenvalue weighted by Crippen LogP contribution is -2.45. The number of nitrogens with one attached hydrogen (secondary N) is 1. The summed E-state index contributed by atoms with van der Waals surface area (Å²) >= 11 is 0. The Morgan fingerprint density at radius 2 is 1.46 bits per heavy atom. The van der Waals surface area contributed by atoms with E-state index in [-0.39, 0.29) is 19.8 Å². The van der Waals surface area contributed by atoms with Crippen LogP contribution in [0.2, 0.25) is 0 Å². The van der Waals surface area contributed by atoms with Gasteiger partial charge in [-0.15, -0.1) is 0 Å². The van der Waals surface area contributed by atoms with Crippen LogP contribution < -0.4 is 5.32 Å². The molecule has 1 amide bonds. The lowest BCUT2D eigenvalue weighted by Gasteiger charge is -2.17. The molecular weight excluding hydrogens is 362 g/mol. The Hall–Kier alpha value is -3.19. The molecule has 7 nitrogen and oxygen atoms in total. The van der Waals surface area contributed by atoms with Crippen molar-refractivity contribution in [3.8, 4) is 0 Å². The van der Waals surface area contributed by atoms with Gasteiger partial charge in [-0.1, -0.05) is 60.7 Å². The van der Waals surface area contributed by atoms with E-state index in [0.29, 0.717) is 0 Å². The molecule has 0 fully saturated rings. The number of hydrogen-bond donors (Lipinski definition) is 1. The lowest BCUT2D eigenvalue weighted by atomic mass is 10.1. The van der Waals surface area contributed by atoms with E-state index in [4.69, 9.17) is 9.47 Å². The van der Waals surface area contributed by atoms with Crippen molar-refractivity contribution in [3.63, 3.8) is 0 Å². The highest BCUT2D eigenvalue weighted by molar-refractivity contribution is 5.99. The van der Waals surface area contributed by atoms with Crippen molar-refractivity contribution < 1.29 is 28.6 Å². The molecule has 7 heteroatoms. The van der Waals surface area contributed by atoms with Crippen LogP contribution in [0.15, 0.2) is 60.7 Å². The van der Waals surface area contributed by atoms with Crippen LogP contribution in [0.1, 0.15) is 17.5 Å². The quantitative estimate of drug-likeness (QED) is 0.499. The zero-order chi connectivity index (χ0) is 20.2. The van der Waals surface area contributed by atoms with Crippen molar-refractivity contribution in [2.24, 2.45) is 0 Å². The third-order valence-corrected chi connectivity index (χ3v) is 3.84. The van der Waals surface area contributed by atoms with Gasteiger partial charge in [-0.05, 0) is 11.1 Å². The summed E-state index contributed by atoms with van der Waals surface area (Å²) in [6.45, 7) is 0.240. The molecule has 28 heavy (non-hydrogen) atoms. The number of ketones is 1. The van der Waals surface area contributed by atoms with Crippen LogP contribution in [0, 0.1) is 0 Å². The molecule has 0 heterocycles. The smallest absolute Gasteiger partial charge is 0.408 e. The van der Waals surface area contributed by atoms with Gasteiger partial charge >= 0.3 is 12.1 Å². The number of methoxy groups -OCH3 is 1. The summed E-state index contributed by atoms with van der Waals surface area (Å²) in [5.74, 6) is -1.20. The maximum atomic E-state index is 12.3. The number of ether oxygens (including phenoxy) is 3. The van der Waals surface area contributed by atoms with Gasteiger partial charge in [0.2, 0.25) is 0 Å². The first-order chi connectivity index (χ1) is 13.6. The van der Waals surface area contributed by atoms with Gasteiger partial charge in [0.15, 0.2) is 5.78 Å². The first kappa shape index (κ1) is 21.1. The molecular formula is C21H23NO6. The minimum absolute atomic E-state index is 0.0649. The molecule has 0 unspecified atom stereocenters. The average molecular weight is 385 g/mol. The summed E-state index contributed by atoms with van der Waals surface area (Å²) in [4.78, 5) is 35.8. The first-order valence-electron chi connectivity index (χ1n) is 8.77. The summed E-state index contributed by atoms with van der Waals surface area (Å²) < 4.78 is 15.2. The van der Waals surface area contributed by atoms with Crippen LogP contribution in [0.5, 0.6) is 0 Å². The van der Waals surface area contributed by atoms with Gasteiger partial charge in [-0.2, -0.15) is 0 Å². The van der Waals surface area contributed by atoms with Crippen molar-refractivity contribution in [1.29, 1.82) is 0 Å². The summed E-state index contributed by atoms with van der Waals surface area (Å²) in [5, 5.41) is 2.46. The number of esters is 1. The van der Waals surface area contributed by atoms with Gasteiger partial charge in [0.05, 0.1) is 20.3 Å². The Bertz CT molecular complexity index is 763. The molecule has 0 aromatic heterocycles. The van der Waals surface area contributed by atoms with Crippen molar-refractivity contribution in [2.45, 2.75) is 25.7 Å². The Morgan fingerprint density at radius 1 is 0.893 bits per heavy atom. The number of rotatable bonds is 10. The normalized spacial score (nSPS) is 11.3. The Kier molecular flexibility index (Phi) is 8.68. The Balaban J connectivity index is 1.89. The average Bonchev–Trinajstić information content (AvgIpc) is 2.73. The van der Waals surface area contributed by atoms with Crippen LogP contribution in [-0.2, 0) is 37.0 Å². The maximum Gasteiger partial charge on any atom is 0.408 e. The van der Waals surface area contributed by atoms with Gasteiger partial charge in [-0.3, -0.25) is 9.59 Å². The van der Waals surface area contributed by atoms with Gasteiger partial charge in [0.1, 0.15) is 19.1 Å². The van der Waals surface area contributed by atoms with Crippen LogP contribution in [-0.4, -0.2) is 37.6 Å². The van der Waals surface area contributed by atoms with Crippen LogP contribution >= 0.6 is 0 Å². The van der Waals surface area contributed by atoms with E-state index < -0.39 is 30.3 Å². The lowest BCUT2D eigenvalue weighted by molar-refractivity contribution is -0.144. The second-order valence-electron chi connectivity index (χ2n) is 5.98. The number of benzene rings is 2. The SMILES string of the molecule is COC(=O)CC(=O)[C@H](COCc1ccccc1)NC(=O)OCc1ccccc1. The minimum Gasteiger partial charge on any atom is -0.469 e. The zero-order valence-corrected chi connectivity index (χ0v) is 15.6. The monoisotopic (exact) mass is 385 g/mol. The van der Waals surface area contributed by atoms with Crippen LogP contribution in [0.4, 0.5) is 4.79 Å². The number of alkyl carbamates (subject to hydrolysis) is 1. The third-order valence-electron chi connectivity index (χ3n) is 3.84. The zero-order valence-electron chi connectivity index (χ0n) is 15.6. The summed E-state index contributed by atoms with van der Waals surface area (Å²) in [6, 6.07) is 17.5. The predicted molar refractivity (Wildman–Crippen MR) is 101 cm³/mol. The molecule has 2 aromatic rings. The highest BCUT2D eigenvalue weighted by atomic mass is 16.5. The van der Waals surface area contributed by atoms with E-state index in [0.717, 1.165) is 11.1 Å². The topological polar surface area (TPSA) is 90.9 Å². The molecule has 0 saturated carbocycles. The summed E-state index contributed by atoms with van der Waals surface area (Å²) in [6.07, 6.45) is -1.23. The van der Waals surface area contributed by atoms with E-state index in [9.17, 15) is 14.4 Å². The Morgan fingerprint density at radius 3 is 2.04 bits per heavy atom. The Labute approximate surface area is 163 Å². The molecule has 0 saturated heterocycles. The number of Topliss-reactive ketones (excluding diaryl/α,β-unsaturated/α-hetero) is 1. The van der Waals surface area contributed by atoms with Crippen molar-refractivity contribution >= 4 is 17.8 Å². The van der Waals surface area contributed by atoms with Crippen molar-refractivity contribution in [3.05, 3.63) is 71.8 Å². The molecule has 0 radical (unpaired) electrons. The molecule has 2 rings (SSSR count). The van der Waals surface area contributed by atoms with E-state index in [2.05, 4.69) is 10.1 Å². The fourth-order valence-electron chi connectivity index (χ4n) is 2.33. The van der Waals surface area contributed by atoms with E-state index in [1.807, 2.05) is 60.7 Å². The molecule has 1 N–H and O–H groups in total. The van der Waals surface area contributed by atoms with Crippen LogP contribution in [0.25, 0.3) is 0 Å². The number of amides is 1. The predicted octanol–water partition coefficient (Wildman–Crippen LogP) is 2.63. The largest absolute Gasteiger partial charge is 0.469 e. The van der Waals surface area contributed by atoms with E-state index >= 15 is 0 Å². The molecule has 0 bridgehead atoms. The van der Waals surface area contributed by atoms with Gasteiger partial charge < -0.3 is 19.5 Å². The molecule has 2 aromatic carbocycles. The molecule has 0 aliphatic heterocycles. The van der Waals surface area contributed by atoms with Gasteiger partial charge in [-0.25, -0.2) is 4.79 Å². The fourth-order valence-corrected chi connectivity index (χ4v) is 2.33. The second-order valence-corrected chi connectivity index (χ2v) is 5.98. The number of hydrogen-bond acceptors (Lipinski definition) is 6. The number of carbonyl (C=O) groups excluding carboxylic acids is 3. The molecule has 0 spiro atoms. The highest BCUT2D eigenvalue weighted by Crippen LogP contribution is 2.04. The second kappa shape index (κ2) is 11.5. The maximum absolute atomic E-state index is 12.3. The van der Waals surface area contributed by atoms with E-state index in [1.165, 1.54) is 7.11 Å². The molecule has 148 valence electrons. The van der Waals surface area contributed by atoms with Gasteiger partial charge in [0, 0.05) is 0 Å². The molecule has 1 atom stereocenters. The minimum atomic E-state index is -1.02.